The molecule has 0 saturated carbocycles. The van der Waals surface area contributed by atoms with Gasteiger partial charge in [0.25, 0.3) is 0 Å². The molecule has 0 bridgehead atoms. The molecule has 0 saturated heterocycles. The highest BCUT2D eigenvalue weighted by molar-refractivity contribution is 6.31. The summed E-state index contributed by atoms with van der Waals surface area (Å²) in [6.45, 7) is 5.38. The molecule has 110 valence electrons. The van der Waals surface area contributed by atoms with Crippen LogP contribution in [0.25, 0.3) is 11.0 Å². The van der Waals surface area contributed by atoms with Crippen molar-refractivity contribution in [2.45, 2.75) is 32.3 Å². The second kappa shape index (κ2) is 5.66. The molecule has 0 N–H and O–H groups in total. The number of benzene rings is 1. The lowest BCUT2D eigenvalue weighted by Gasteiger charge is -2.10. The number of aromatic nitrogens is 5. The van der Waals surface area contributed by atoms with Crippen LogP contribution < -0.4 is 0 Å². The van der Waals surface area contributed by atoms with Gasteiger partial charge in [0.15, 0.2) is 5.82 Å². The first kappa shape index (κ1) is 14.4. The predicted octanol–water partition coefficient (Wildman–Crippen LogP) is 3.65. The highest BCUT2D eigenvalue weighted by Gasteiger charge is 2.17. The topological polar surface area (TPSA) is 48.5 Å². The molecule has 1 aromatic carbocycles. The minimum absolute atomic E-state index is 0.200. The molecule has 0 radical (unpaired) electrons. The van der Waals surface area contributed by atoms with Gasteiger partial charge in [0.1, 0.15) is 12.2 Å². The Morgan fingerprint density at radius 3 is 2.86 bits per heavy atom. The molecule has 0 amide bonds. The van der Waals surface area contributed by atoms with Crippen LogP contribution in [0, 0.1) is 0 Å². The molecule has 0 aliphatic heterocycles. The van der Waals surface area contributed by atoms with Gasteiger partial charge in [0.05, 0.1) is 23.0 Å². The Kier molecular flexibility index (Phi) is 3.87. The van der Waals surface area contributed by atoms with Gasteiger partial charge in [-0.15, -0.1) is 21.8 Å². The van der Waals surface area contributed by atoms with E-state index in [0.717, 1.165) is 29.2 Å². The summed E-state index contributed by atoms with van der Waals surface area (Å²) in [6, 6.07) is 5.66. The highest BCUT2D eigenvalue weighted by atomic mass is 35.5. The molecule has 3 aromatic rings. The van der Waals surface area contributed by atoms with Gasteiger partial charge in [0, 0.05) is 11.6 Å². The number of rotatable bonds is 4. The van der Waals surface area contributed by atoms with Crippen LogP contribution >= 0.6 is 23.2 Å². The zero-order valence-electron chi connectivity index (χ0n) is 11.8. The lowest BCUT2D eigenvalue weighted by atomic mass is 10.3. The van der Waals surface area contributed by atoms with Crippen LogP contribution in [0.3, 0.4) is 0 Å². The minimum atomic E-state index is -0.200. The van der Waals surface area contributed by atoms with Gasteiger partial charge in [-0.3, -0.25) is 0 Å². The fourth-order valence-electron chi connectivity index (χ4n) is 2.40. The van der Waals surface area contributed by atoms with Gasteiger partial charge in [0.2, 0.25) is 0 Å². The van der Waals surface area contributed by atoms with Gasteiger partial charge in [-0.05, 0) is 32.0 Å². The lowest BCUT2D eigenvalue weighted by molar-refractivity contribution is 0.639. The minimum Gasteiger partial charge on any atom is -0.319 e. The molecule has 1 unspecified atom stereocenters. The molecule has 3 rings (SSSR count). The average molecular weight is 324 g/mol. The van der Waals surface area contributed by atoms with Crippen molar-refractivity contribution in [3.05, 3.63) is 41.2 Å². The lowest BCUT2D eigenvalue weighted by Crippen LogP contribution is -2.10. The van der Waals surface area contributed by atoms with E-state index < -0.39 is 0 Å². The van der Waals surface area contributed by atoms with E-state index in [-0.39, 0.29) is 5.38 Å². The second-order valence-corrected chi connectivity index (χ2v) is 5.93. The number of imidazole rings is 1. The largest absolute Gasteiger partial charge is 0.319 e. The Morgan fingerprint density at radius 1 is 1.33 bits per heavy atom. The Hall–Kier alpha value is -1.59. The van der Waals surface area contributed by atoms with Crippen LogP contribution in [-0.4, -0.2) is 24.3 Å². The molecule has 0 aliphatic rings. The highest BCUT2D eigenvalue weighted by Crippen LogP contribution is 2.27. The van der Waals surface area contributed by atoms with Crippen LogP contribution in [0.2, 0.25) is 5.02 Å². The zero-order valence-corrected chi connectivity index (χ0v) is 13.3. The van der Waals surface area contributed by atoms with Crippen molar-refractivity contribution in [2.24, 2.45) is 0 Å². The molecule has 2 aromatic heterocycles. The van der Waals surface area contributed by atoms with E-state index in [2.05, 4.69) is 26.7 Å². The summed E-state index contributed by atoms with van der Waals surface area (Å²) in [5.41, 5.74) is 1.83. The first-order valence-corrected chi connectivity index (χ1v) is 7.58. The molecule has 0 aliphatic carbocycles. The van der Waals surface area contributed by atoms with Crippen molar-refractivity contribution in [1.82, 2.24) is 24.3 Å². The van der Waals surface area contributed by atoms with E-state index in [1.165, 1.54) is 0 Å². The fraction of sp³-hybridized carbons (Fsp3) is 0.357. The van der Waals surface area contributed by atoms with Gasteiger partial charge < -0.3 is 9.13 Å². The molecule has 2 heterocycles. The molecule has 1 atom stereocenters. The van der Waals surface area contributed by atoms with Gasteiger partial charge in [-0.1, -0.05) is 11.6 Å². The SMILES string of the molecule is CCn1cnnc1Cn1c(C(C)Cl)nc2cc(Cl)ccc21. The number of halogens is 2. The summed E-state index contributed by atoms with van der Waals surface area (Å²) in [7, 11) is 0. The quantitative estimate of drug-likeness (QED) is 0.688. The predicted molar refractivity (Wildman–Crippen MR) is 83.8 cm³/mol. The summed E-state index contributed by atoms with van der Waals surface area (Å²) in [4.78, 5) is 4.60. The molecule has 5 nitrogen and oxygen atoms in total. The van der Waals surface area contributed by atoms with Gasteiger partial charge in [-0.2, -0.15) is 0 Å². The van der Waals surface area contributed by atoms with Gasteiger partial charge >= 0.3 is 0 Å². The Morgan fingerprint density at radius 2 is 2.14 bits per heavy atom. The van der Waals surface area contributed by atoms with Crippen molar-refractivity contribution < 1.29 is 0 Å². The van der Waals surface area contributed by atoms with Crippen LogP contribution in [0.4, 0.5) is 0 Å². The van der Waals surface area contributed by atoms with E-state index >= 15 is 0 Å². The number of fused-ring (bicyclic) bond motifs is 1. The third kappa shape index (κ3) is 2.63. The van der Waals surface area contributed by atoms with Crippen LogP contribution in [0.5, 0.6) is 0 Å². The maximum absolute atomic E-state index is 6.27. The molecule has 7 heteroatoms. The summed E-state index contributed by atoms with van der Waals surface area (Å²) >= 11 is 12.3. The third-order valence-corrected chi connectivity index (χ3v) is 3.86. The number of hydrogen-bond acceptors (Lipinski definition) is 3. The summed E-state index contributed by atoms with van der Waals surface area (Å²) < 4.78 is 4.07. The van der Waals surface area contributed by atoms with E-state index in [4.69, 9.17) is 23.2 Å². The molecular formula is C14H15Cl2N5. The Bertz CT molecular complexity index is 775. The Balaban J connectivity index is 2.13. The number of hydrogen-bond donors (Lipinski definition) is 0. The summed E-state index contributed by atoms with van der Waals surface area (Å²) in [5, 5.41) is 8.61. The van der Waals surface area contributed by atoms with E-state index in [9.17, 15) is 0 Å². The van der Waals surface area contributed by atoms with Crippen LogP contribution in [-0.2, 0) is 13.1 Å². The Labute approximate surface area is 132 Å². The number of alkyl halides is 1. The number of aryl methyl sites for hydroxylation is 1. The van der Waals surface area contributed by atoms with Crippen molar-refractivity contribution >= 4 is 34.2 Å². The maximum Gasteiger partial charge on any atom is 0.152 e. The summed E-state index contributed by atoms with van der Waals surface area (Å²) in [5.74, 6) is 1.69. The monoisotopic (exact) mass is 323 g/mol. The third-order valence-electron chi connectivity index (χ3n) is 3.43. The van der Waals surface area contributed by atoms with E-state index in [1.807, 2.05) is 29.7 Å². The van der Waals surface area contributed by atoms with Crippen LogP contribution in [0.15, 0.2) is 24.5 Å². The standard InChI is InChI=1S/C14H15Cl2N5/c1-3-20-8-17-19-13(20)7-21-12-5-4-10(16)6-11(12)18-14(21)9(2)15/h4-6,8-9H,3,7H2,1-2H3. The molecular weight excluding hydrogens is 309 g/mol. The first-order chi connectivity index (χ1) is 10.1. The van der Waals surface area contributed by atoms with Crippen molar-refractivity contribution in [1.29, 1.82) is 0 Å². The normalized spacial score (nSPS) is 13.0. The van der Waals surface area contributed by atoms with Gasteiger partial charge in [-0.25, -0.2) is 4.98 Å². The van der Waals surface area contributed by atoms with Crippen LogP contribution in [0.1, 0.15) is 30.9 Å². The molecule has 0 fully saturated rings. The fourth-order valence-corrected chi connectivity index (χ4v) is 2.73. The van der Waals surface area contributed by atoms with Crippen molar-refractivity contribution in [3.8, 4) is 0 Å². The number of nitrogens with zero attached hydrogens (tertiary/aromatic N) is 5. The first-order valence-electron chi connectivity index (χ1n) is 6.76. The molecule has 0 spiro atoms. The van der Waals surface area contributed by atoms with Crippen molar-refractivity contribution in [2.75, 3.05) is 0 Å². The maximum atomic E-state index is 6.27. The average Bonchev–Trinajstić information content (AvgIpc) is 3.03. The summed E-state index contributed by atoms with van der Waals surface area (Å²) in [6.07, 6.45) is 1.73. The van der Waals surface area contributed by atoms with E-state index in [1.54, 1.807) is 6.33 Å². The zero-order chi connectivity index (χ0) is 15.0. The second-order valence-electron chi connectivity index (χ2n) is 4.84. The smallest absolute Gasteiger partial charge is 0.152 e. The van der Waals surface area contributed by atoms with E-state index in [0.29, 0.717) is 11.6 Å². The molecule has 21 heavy (non-hydrogen) atoms. The van der Waals surface area contributed by atoms with Crippen molar-refractivity contribution in [3.63, 3.8) is 0 Å².